The summed E-state index contributed by atoms with van der Waals surface area (Å²) in [5.41, 5.74) is 5.37. The highest BCUT2D eigenvalue weighted by Crippen LogP contribution is 2.40. The first-order valence-corrected chi connectivity index (χ1v) is 10.4. The molecule has 5 rings (SSSR count). The molecule has 3 aromatic carbocycles. The number of para-hydroxylation sites is 2. The molecule has 2 heterocycles. The average Bonchev–Trinajstić information content (AvgIpc) is 3.11. The molecule has 0 aliphatic carbocycles. The molecular formula is C23H17Cl2N3O2. The predicted octanol–water partition coefficient (Wildman–Crippen LogP) is 4.78. The minimum Gasteiger partial charge on any atom is -0.279 e. The fraction of sp³-hybridized carbons (Fsp3) is 0.130. The number of rotatable bonds is 4. The SMILES string of the molecule is O=C1C(Cl)C(c2ccccc2Cl)N1NCC(=O)n1c2ccccc2c2ccccc21. The third-order valence-electron chi connectivity index (χ3n) is 5.48. The lowest BCUT2D eigenvalue weighted by molar-refractivity contribution is -0.150. The Hall–Kier alpha value is -2.86. The zero-order valence-corrected chi connectivity index (χ0v) is 17.3. The largest absolute Gasteiger partial charge is 0.279 e. The van der Waals surface area contributed by atoms with Gasteiger partial charge in [0.25, 0.3) is 5.91 Å². The number of carbonyl (C=O) groups excluding carboxylic acids is 2. The first kappa shape index (κ1) is 19.1. The molecule has 30 heavy (non-hydrogen) atoms. The van der Waals surface area contributed by atoms with Crippen molar-refractivity contribution in [3.63, 3.8) is 0 Å². The first-order valence-electron chi connectivity index (χ1n) is 9.54. The second-order valence-corrected chi connectivity index (χ2v) is 8.05. The molecule has 0 saturated carbocycles. The summed E-state index contributed by atoms with van der Waals surface area (Å²) in [6.07, 6.45) is 0. The Labute approximate surface area is 182 Å². The molecule has 1 aromatic heterocycles. The van der Waals surface area contributed by atoms with Gasteiger partial charge in [-0.05, 0) is 23.8 Å². The molecule has 1 aliphatic heterocycles. The number of halogens is 2. The third-order valence-corrected chi connectivity index (χ3v) is 6.25. The number of nitrogens with zero attached hydrogens (tertiary/aromatic N) is 2. The zero-order chi connectivity index (χ0) is 20.8. The van der Waals surface area contributed by atoms with Crippen LogP contribution < -0.4 is 5.43 Å². The molecule has 4 aromatic rings. The van der Waals surface area contributed by atoms with Crippen molar-refractivity contribution in [2.45, 2.75) is 11.4 Å². The van der Waals surface area contributed by atoms with Crippen LogP contribution in [0.25, 0.3) is 21.8 Å². The van der Waals surface area contributed by atoms with Gasteiger partial charge < -0.3 is 0 Å². The minimum atomic E-state index is -0.722. The second-order valence-electron chi connectivity index (χ2n) is 7.17. The summed E-state index contributed by atoms with van der Waals surface area (Å²) < 4.78 is 1.69. The van der Waals surface area contributed by atoms with Crippen LogP contribution in [0.1, 0.15) is 16.4 Å². The molecule has 2 unspecified atom stereocenters. The lowest BCUT2D eigenvalue weighted by atomic mass is 9.95. The molecule has 7 heteroatoms. The maximum absolute atomic E-state index is 13.2. The summed E-state index contributed by atoms with van der Waals surface area (Å²) in [6.45, 7) is -0.0566. The zero-order valence-electron chi connectivity index (χ0n) is 15.8. The molecule has 150 valence electrons. The van der Waals surface area contributed by atoms with Gasteiger partial charge in [-0.3, -0.25) is 19.2 Å². The highest BCUT2D eigenvalue weighted by molar-refractivity contribution is 6.35. The topological polar surface area (TPSA) is 54.3 Å². The van der Waals surface area contributed by atoms with Gasteiger partial charge in [0.1, 0.15) is 11.4 Å². The summed E-state index contributed by atoms with van der Waals surface area (Å²) in [5, 5.41) is 3.22. The Balaban J connectivity index is 1.44. The van der Waals surface area contributed by atoms with E-state index in [9.17, 15) is 9.59 Å². The number of nitrogens with one attached hydrogen (secondary N) is 1. The molecular weight excluding hydrogens is 421 g/mol. The van der Waals surface area contributed by atoms with E-state index in [-0.39, 0.29) is 18.4 Å². The van der Waals surface area contributed by atoms with E-state index in [1.54, 1.807) is 10.6 Å². The van der Waals surface area contributed by atoms with Crippen LogP contribution in [-0.4, -0.2) is 33.3 Å². The monoisotopic (exact) mass is 437 g/mol. The fourth-order valence-electron chi connectivity index (χ4n) is 4.06. The Kier molecular flexibility index (Phi) is 4.74. The number of hydrogen-bond acceptors (Lipinski definition) is 3. The summed E-state index contributed by atoms with van der Waals surface area (Å²) >= 11 is 12.5. The number of hydrogen-bond donors (Lipinski definition) is 1. The van der Waals surface area contributed by atoms with Crippen LogP contribution in [0.3, 0.4) is 0 Å². The van der Waals surface area contributed by atoms with E-state index in [1.807, 2.05) is 66.7 Å². The van der Waals surface area contributed by atoms with Crippen molar-refractivity contribution in [3.8, 4) is 0 Å². The summed E-state index contributed by atoms with van der Waals surface area (Å²) in [5.74, 6) is -0.451. The number of hydrazine groups is 1. The highest BCUT2D eigenvalue weighted by atomic mass is 35.5. The summed E-state index contributed by atoms with van der Waals surface area (Å²) in [7, 11) is 0. The molecule has 1 amide bonds. The first-order chi connectivity index (χ1) is 14.6. The molecule has 0 spiro atoms. The smallest absolute Gasteiger partial charge is 0.257 e. The van der Waals surface area contributed by atoms with Crippen molar-refractivity contribution >= 4 is 56.8 Å². The summed E-state index contributed by atoms with van der Waals surface area (Å²) in [4.78, 5) is 25.5. The van der Waals surface area contributed by atoms with Crippen LogP contribution in [0.15, 0.2) is 72.8 Å². The number of aromatic nitrogens is 1. The molecule has 2 atom stereocenters. The van der Waals surface area contributed by atoms with E-state index in [2.05, 4.69) is 5.43 Å². The number of carbonyl (C=O) groups is 2. The second kappa shape index (κ2) is 7.43. The number of amides is 1. The third kappa shape index (κ3) is 2.89. The van der Waals surface area contributed by atoms with Gasteiger partial charge in [-0.25, -0.2) is 5.43 Å². The Morgan fingerprint density at radius 2 is 1.47 bits per heavy atom. The summed E-state index contributed by atoms with van der Waals surface area (Å²) in [6, 6.07) is 22.4. The van der Waals surface area contributed by atoms with Crippen molar-refractivity contribution in [2.75, 3.05) is 6.54 Å². The van der Waals surface area contributed by atoms with E-state index in [1.165, 1.54) is 5.01 Å². The van der Waals surface area contributed by atoms with Gasteiger partial charge in [0.15, 0.2) is 0 Å². The lowest BCUT2D eigenvalue weighted by Gasteiger charge is -2.44. The highest BCUT2D eigenvalue weighted by Gasteiger charge is 2.48. The quantitative estimate of drug-likeness (QED) is 0.369. The molecule has 0 bridgehead atoms. The van der Waals surface area contributed by atoms with Crippen molar-refractivity contribution in [1.82, 2.24) is 15.0 Å². The molecule has 1 fully saturated rings. The van der Waals surface area contributed by atoms with Crippen LogP contribution in [0.5, 0.6) is 0 Å². The van der Waals surface area contributed by atoms with Gasteiger partial charge in [-0.2, -0.15) is 0 Å². The normalized spacial score (nSPS) is 18.7. The maximum atomic E-state index is 13.2. The Bertz CT molecular complexity index is 1250. The maximum Gasteiger partial charge on any atom is 0.257 e. The molecule has 1 N–H and O–H groups in total. The number of alkyl halides is 1. The van der Waals surface area contributed by atoms with E-state index >= 15 is 0 Å². The van der Waals surface area contributed by atoms with E-state index in [0.717, 1.165) is 27.4 Å². The van der Waals surface area contributed by atoms with E-state index < -0.39 is 11.4 Å². The Morgan fingerprint density at radius 3 is 2.10 bits per heavy atom. The van der Waals surface area contributed by atoms with Crippen molar-refractivity contribution in [2.24, 2.45) is 0 Å². The molecule has 0 radical (unpaired) electrons. The van der Waals surface area contributed by atoms with Gasteiger partial charge in [-0.15, -0.1) is 11.6 Å². The van der Waals surface area contributed by atoms with E-state index in [0.29, 0.717) is 5.02 Å². The van der Waals surface area contributed by atoms with Crippen molar-refractivity contribution in [3.05, 3.63) is 83.4 Å². The Morgan fingerprint density at radius 1 is 0.900 bits per heavy atom. The minimum absolute atomic E-state index is 0.0566. The predicted molar refractivity (Wildman–Crippen MR) is 119 cm³/mol. The van der Waals surface area contributed by atoms with Gasteiger partial charge >= 0.3 is 0 Å². The van der Waals surface area contributed by atoms with Crippen molar-refractivity contribution < 1.29 is 9.59 Å². The van der Waals surface area contributed by atoms with Crippen LogP contribution >= 0.6 is 23.2 Å². The average molecular weight is 438 g/mol. The van der Waals surface area contributed by atoms with Gasteiger partial charge in [0, 0.05) is 15.8 Å². The van der Waals surface area contributed by atoms with Crippen LogP contribution in [0.2, 0.25) is 5.02 Å². The lowest BCUT2D eigenvalue weighted by Crippen LogP contribution is -2.62. The number of β-lactam (4-membered cyclic amide) rings is 1. The van der Waals surface area contributed by atoms with Crippen molar-refractivity contribution in [1.29, 1.82) is 0 Å². The van der Waals surface area contributed by atoms with Crippen LogP contribution in [0.4, 0.5) is 0 Å². The van der Waals surface area contributed by atoms with E-state index in [4.69, 9.17) is 23.2 Å². The number of benzene rings is 3. The number of fused-ring (bicyclic) bond motifs is 3. The van der Waals surface area contributed by atoms with Gasteiger partial charge in [0.2, 0.25) is 5.91 Å². The van der Waals surface area contributed by atoms with Gasteiger partial charge in [-0.1, -0.05) is 66.2 Å². The molecule has 1 saturated heterocycles. The van der Waals surface area contributed by atoms with Gasteiger partial charge in [0.05, 0.1) is 17.6 Å². The molecule has 5 nitrogen and oxygen atoms in total. The fourth-order valence-corrected chi connectivity index (χ4v) is 4.67. The van der Waals surface area contributed by atoms with Crippen LogP contribution in [-0.2, 0) is 4.79 Å². The van der Waals surface area contributed by atoms with Crippen LogP contribution in [0, 0.1) is 0 Å². The standard InChI is InChI=1S/C23H17Cl2N3O2/c24-17-10-4-1-9-16(17)22-21(25)23(30)28(22)26-13-20(29)27-18-11-5-2-7-14(18)15-8-3-6-12-19(15)27/h1-12,21-22,26H,13H2. The molecule has 1 aliphatic rings.